The second-order valence-corrected chi connectivity index (χ2v) is 16.8. The molecule has 2 heterocycles. The van der Waals surface area contributed by atoms with Gasteiger partial charge in [0.25, 0.3) is 11.5 Å². The van der Waals surface area contributed by atoms with E-state index < -0.39 is 11.4 Å². The van der Waals surface area contributed by atoms with Crippen LogP contribution in [0.5, 0.6) is 0 Å². The number of halogens is 1. The third-order valence-corrected chi connectivity index (χ3v) is 14.4. The number of hydrogen-bond acceptors (Lipinski definition) is 5. The number of hydrogen-bond donors (Lipinski definition) is 2. The van der Waals surface area contributed by atoms with Crippen molar-refractivity contribution < 1.29 is 19.1 Å². The lowest BCUT2D eigenvalue weighted by Gasteiger charge is -2.58. The highest BCUT2D eigenvalue weighted by Gasteiger charge is 2.58. The van der Waals surface area contributed by atoms with Gasteiger partial charge in [0.2, 0.25) is 5.91 Å². The Kier molecular flexibility index (Phi) is 9.30. The van der Waals surface area contributed by atoms with Crippen molar-refractivity contribution in [1.82, 2.24) is 20.0 Å². The van der Waals surface area contributed by atoms with E-state index in [0.29, 0.717) is 85.8 Å². The fourth-order valence-corrected chi connectivity index (χ4v) is 11.8. The van der Waals surface area contributed by atoms with Gasteiger partial charge in [0.05, 0.1) is 22.2 Å². The van der Waals surface area contributed by atoms with E-state index in [9.17, 15) is 23.9 Å². The summed E-state index contributed by atoms with van der Waals surface area (Å²) in [6.45, 7) is 4.12. The van der Waals surface area contributed by atoms with Gasteiger partial charge in [0, 0.05) is 44.4 Å². The van der Waals surface area contributed by atoms with Gasteiger partial charge in [-0.05, 0) is 123 Å². The van der Waals surface area contributed by atoms with Crippen LogP contribution in [-0.4, -0.2) is 68.7 Å². The van der Waals surface area contributed by atoms with Gasteiger partial charge in [0.1, 0.15) is 5.82 Å². The Morgan fingerprint density at radius 2 is 1.65 bits per heavy atom. The summed E-state index contributed by atoms with van der Waals surface area (Å²) in [5, 5.41) is 20.0. The number of aliphatic hydroxyl groups is 1. The van der Waals surface area contributed by atoms with Gasteiger partial charge < -0.3 is 14.9 Å². The Morgan fingerprint density at radius 1 is 0.902 bits per heavy atom. The smallest absolute Gasteiger partial charge is 0.272 e. The fraction of sp³-hybridized carbons (Fsp3) is 0.619. The molecule has 3 unspecified atom stereocenters. The number of aromatic amines is 1. The Morgan fingerprint density at radius 3 is 2.47 bits per heavy atom. The van der Waals surface area contributed by atoms with Gasteiger partial charge >= 0.3 is 0 Å². The van der Waals surface area contributed by atoms with E-state index >= 15 is 0 Å². The van der Waals surface area contributed by atoms with E-state index in [-0.39, 0.29) is 22.9 Å². The fourth-order valence-electron chi connectivity index (χ4n) is 11.8. The highest BCUT2D eigenvalue weighted by atomic mass is 19.1. The number of fused-ring (bicyclic) bond motifs is 6. The first-order chi connectivity index (χ1) is 24.6. The Balaban J connectivity index is 0.833. The number of aromatic nitrogens is 2. The molecule has 272 valence electrons. The maximum Gasteiger partial charge on any atom is 0.272 e. The zero-order valence-electron chi connectivity index (χ0n) is 30.0. The van der Waals surface area contributed by atoms with Crippen molar-refractivity contribution in [3.63, 3.8) is 0 Å². The largest absolute Gasteiger partial charge is 0.390 e. The van der Waals surface area contributed by atoms with Crippen LogP contribution in [0.4, 0.5) is 4.39 Å². The van der Waals surface area contributed by atoms with Crippen molar-refractivity contribution >= 4 is 22.6 Å². The van der Waals surface area contributed by atoms with E-state index in [0.717, 1.165) is 42.4 Å². The molecule has 51 heavy (non-hydrogen) atoms. The molecule has 3 aromatic rings. The Labute approximate surface area is 300 Å². The summed E-state index contributed by atoms with van der Waals surface area (Å²) in [7, 11) is 0. The minimum absolute atomic E-state index is 0.000886. The normalized spacial score (nSPS) is 31.9. The predicted molar refractivity (Wildman–Crippen MR) is 195 cm³/mol. The molecule has 0 radical (unpaired) electrons. The third kappa shape index (κ3) is 6.31. The first-order valence-corrected chi connectivity index (χ1v) is 19.7. The lowest BCUT2D eigenvalue weighted by Crippen LogP contribution is -2.52. The van der Waals surface area contributed by atoms with Crippen molar-refractivity contribution in [3.05, 3.63) is 75.5 Å². The van der Waals surface area contributed by atoms with Crippen LogP contribution < -0.4 is 5.56 Å². The van der Waals surface area contributed by atoms with Crippen LogP contribution in [0.25, 0.3) is 10.8 Å². The van der Waals surface area contributed by atoms with E-state index in [1.54, 1.807) is 29.2 Å². The summed E-state index contributed by atoms with van der Waals surface area (Å²) in [5.74, 6) is 2.61. The highest BCUT2D eigenvalue weighted by molar-refractivity contribution is 5.95. The number of nitrogens with zero attached hydrogens (tertiary/aromatic N) is 3. The van der Waals surface area contributed by atoms with Crippen LogP contribution in [0.15, 0.2) is 47.3 Å². The lowest BCUT2D eigenvalue weighted by atomic mass is 9.47. The van der Waals surface area contributed by atoms with Gasteiger partial charge in [-0.15, -0.1) is 0 Å². The van der Waals surface area contributed by atoms with Crippen LogP contribution in [0.2, 0.25) is 0 Å². The van der Waals surface area contributed by atoms with Gasteiger partial charge in [-0.3, -0.25) is 14.4 Å². The minimum atomic E-state index is -0.648. The number of benzene rings is 2. The molecule has 2 aromatic carbocycles. The number of carbonyl (C=O) groups excluding carboxylic acids is 2. The Hall–Kier alpha value is -3.59. The molecular formula is C42H53FN4O4. The van der Waals surface area contributed by atoms with Crippen LogP contribution in [0.3, 0.4) is 0 Å². The molecule has 1 aliphatic heterocycles. The first-order valence-electron chi connectivity index (χ1n) is 19.7. The predicted octanol–water partition coefficient (Wildman–Crippen LogP) is 6.88. The number of amides is 2. The summed E-state index contributed by atoms with van der Waals surface area (Å²) in [5.41, 5.74) is 0.947. The van der Waals surface area contributed by atoms with Gasteiger partial charge in [-0.2, -0.15) is 5.10 Å². The average molecular weight is 697 g/mol. The molecular weight excluding hydrogens is 643 g/mol. The molecule has 4 aliphatic carbocycles. The van der Waals surface area contributed by atoms with Crippen molar-refractivity contribution in [1.29, 1.82) is 0 Å². The molecule has 0 bridgehead atoms. The topological polar surface area (TPSA) is 107 Å². The summed E-state index contributed by atoms with van der Waals surface area (Å²) in [4.78, 5) is 42.4. The van der Waals surface area contributed by atoms with Crippen LogP contribution >= 0.6 is 0 Å². The number of rotatable bonds is 7. The molecule has 7 atom stereocenters. The number of piperazine rings is 1. The second-order valence-electron chi connectivity index (χ2n) is 16.8. The molecule has 5 aliphatic rings. The summed E-state index contributed by atoms with van der Waals surface area (Å²) >= 11 is 0. The monoisotopic (exact) mass is 696 g/mol. The Bertz CT molecular complexity index is 1850. The van der Waals surface area contributed by atoms with E-state index in [2.05, 4.69) is 17.1 Å². The summed E-state index contributed by atoms with van der Waals surface area (Å²) in [6, 6.07) is 11.7. The molecule has 4 saturated carbocycles. The average Bonchev–Trinajstić information content (AvgIpc) is 3.49. The first kappa shape index (κ1) is 34.5. The standard InChI is InChI=1S/C42H53FN4O4/c1-41-18-5-4-7-28(41)12-13-29-30-17-20-42(51,35(30)15-14-34(29)41)19-6-10-38(48)46-21-23-47(24-22-46)40(50)33-25-27(11-16-36(33)43)26-37-31-8-2-3-9-32(31)39(49)45-44-37/h2-3,8-9,11,16,25,28-30,34-35,51H,4-7,10,12-15,17-24,26H2,1H3,(H,45,49)/t28?,29-,30?,34?,35-,41-,42-/m0/s1. The zero-order chi connectivity index (χ0) is 35.3. The summed E-state index contributed by atoms with van der Waals surface area (Å²) in [6.07, 6.45) is 14.8. The van der Waals surface area contributed by atoms with Gasteiger partial charge in [0.15, 0.2) is 0 Å². The van der Waals surface area contributed by atoms with E-state index in [1.807, 2.05) is 17.0 Å². The minimum Gasteiger partial charge on any atom is -0.390 e. The highest BCUT2D eigenvalue weighted by Crippen LogP contribution is 2.64. The van der Waals surface area contributed by atoms with Crippen molar-refractivity contribution in [2.45, 2.75) is 102 Å². The zero-order valence-corrected chi connectivity index (χ0v) is 30.0. The molecule has 1 saturated heterocycles. The maximum absolute atomic E-state index is 15.0. The number of carbonyl (C=O) groups is 2. The number of nitrogens with one attached hydrogen (secondary N) is 1. The molecule has 2 amide bonds. The van der Waals surface area contributed by atoms with Crippen molar-refractivity contribution in [2.24, 2.45) is 35.0 Å². The summed E-state index contributed by atoms with van der Waals surface area (Å²) < 4.78 is 15.0. The van der Waals surface area contributed by atoms with Crippen molar-refractivity contribution in [3.8, 4) is 0 Å². The SMILES string of the molecule is C[C@]12CCCCC1CC[C@H]1C3CC[C@@](O)(CCCC(=O)N4CCN(C(=O)c5cc(Cc6n[nH]c(=O)c7ccccc67)ccc5F)CC4)[C@H]3CCC12. The van der Waals surface area contributed by atoms with Gasteiger partial charge in [-0.25, -0.2) is 9.49 Å². The molecule has 2 N–H and O–H groups in total. The molecule has 9 heteroatoms. The third-order valence-electron chi connectivity index (χ3n) is 14.4. The second kappa shape index (κ2) is 13.8. The lowest BCUT2D eigenvalue weighted by molar-refractivity contribution is -0.133. The molecule has 5 fully saturated rings. The molecule has 8 rings (SSSR count). The van der Waals surface area contributed by atoms with E-state index in [4.69, 9.17) is 0 Å². The van der Waals surface area contributed by atoms with Gasteiger partial charge in [-0.1, -0.05) is 44.0 Å². The van der Waals surface area contributed by atoms with E-state index in [1.165, 1.54) is 51.0 Å². The van der Waals surface area contributed by atoms with Crippen LogP contribution in [0.1, 0.15) is 112 Å². The van der Waals surface area contributed by atoms with Crippen LogP contribution in [0, 0.1) is 40.8 Å². The molecule has 0 spiro atoms. The molecule has 8 nitrogen and oxygen atoms in total. The quantitative estimate of drug-likeness (QED) is 0.280. The molecule has 1 aromatic heterocycles. The van der Waals surface area contributed by atoms with Crippen molar-refractivity contribution in [2.75, 3.05) is 26.2 Å². The number of H-pyrrole nitrogens is 1. The maximum atomic E-state index is 15.0. The van der Waals surface area contributed by atoms with Crippen LogP contribution in [-0.2, 0) is 11.2 Å².